The molecule has 2 aromatic rings. The molecule has 2 heterocycles. The highest BCUT2D eigenvalue weighted by Crippen LogP contribution is 2.18. The van der Waals surface area contributed by atoms with Crippen molar-refractivity contribution in [3.05, 3.63) is 42.5 Å². The molecule has 2 aromatic heterocycles. The van der Waals surface area contributed by atoms with Crippen LogP contribution in [-0.2, 0) is 13.1 Å². The van der Waals surface area contributed by atoms with Crippen LogP contribution in [0.4, 0.5) is 0 Å². The van der Waals surface area contributed by atoms with Gasteiger partial charge in [-0.3, -0.25) is 4.90 Å². The average Bonchev–Trinajstić information content (AvgIpc) is 2.85. The maximum Gasteiger partial charge on any atom is 0.115 e. The molecule has 0 amide bonds. The predicted octanol–water partition coefficient (Wildman–Crippen LogP) is 2.52. The lowest BCUT2D eigenvalue weighted by atomic mass is 10.2. The van der Waals surface area contributed by atoms with Crippen LogP contribution in [0.1, 0.15) is 38.2 Å². The van der Waals surface area contributed by atoms with Crippen molar-refractivity contribution in [3.8, 4) is 0 Å². The van der Waals surface area contributed by atoms with E-state index >= 15 is 0 Å². The highest BCUT2D eigenvalue weighted by atomic mass is 15.2. The zero-order chi connectivity index (χ0) is 14.5. The number of rotatable bonds is 6. The Bertz CT molecular complexity index is 520. The lowest BCUT2D eigenvalue weighted by molar-refractivity contribution is 0.241. The molecular formula is C15H23N5. The molecule has 0 saturated carbocycles. The zero-order valence-corrected chi connectivity index (χ0v) is 12.7. The van der Waals surface area contributed by atoms with Crippen molar-refractivity contribution >= 4 is 0 Å². The molecule has 5 nitrogen and oxygen atoms in total. The third-order valence-corrected chi connectivity index (χ3v) is 3.47. The Morgan fingerprint density at radius 1 is 1.25 bits per heavy atom. The first-order valence-corrected chi connectivity index (χ1v) is 7.03. The SMILES string of the molecule is CC(C)Cn1cncc1CN(C)[C@@H](C)c1ccncn1. The van der Waals surface area contributed by atoms with Crippen LogP contribution in [0.5, 0.6) is 0 Å². The van der Waals surface area contributed by atoms with Crippen LogP contribution in [0.25, 0.3) is 0 Å². The van der Waals surface area contributed by atoms with E-state index in [1.165, 1.54) is 5.69 Å². The number of nitrogens with zero attached hydrogens (tertiary/aromatic N) is 5. The summed E-state index contributed by atoms with van der Waals surface area (Å²) in [4.78, 5) is 14.8. The lowest BCUT2D eigenvalue weighted by Crippen LogP contribution is -2.24. The fourth-order valence-corrected chi connectivity index (χ4v) is 2.20. The summed E-state index contributed by atoms with van der Waals surface area (Å²) < 4.78 is 2.23. The van der Waals surface area contributed by atoms with Gasteiger partial charge in [-0.15, -0.1) is 0 Å². The van der Waals surface area contributed by atoms with Crippen molar-refractivity contribution in [3.63, 3.8) is 0 Å². The largest absolute Gasteiger partial charge is 0.333 e. The highest BCUT2D eigenvalue weighted by Gasteiger charge is 2.15. The van der Waals surface area contributed by atoms with Gasteiger partial charge in [0, 0.05) is 31.5 Å². The van der Waals surface area contributed by atoms with Gasteiger partial charge in [-0.2, -0.15) is 0 Å². The van der Waals surface area contributed by atoms with E-state index in [2.05, 4.69) is 52.2 Å². The lowest BCUT2D eigenvalue weighted by Gasteiger charge is -2.24. The second kappa shape index (κ2) is 6.61. The van der Waals surface area contributed by atoms with Crippen molar-refractivity contribution in [2.75, 3.05) is 7.05 Å². The Hall–Kier alpha value is -1.75. The molecule has 0 N–H and O–H groups in total. The maximum atomic E-state index is 4.32. The molecule has 0 saturated heterocycles. The van der Waals surface area contributed by atoms with Crippen molar-refractivity contribution in [2.24, 2.45) is 5.92 Å². The second-order valence-corrected chi connectivity index (χ2v) is 5.66. The van der Waals surface area contributed by atoms with E-state index in [0.29, 0.717) is 5.92 Å². The van der Waals surface area contributed by atoms with Gasteiger partial charge in [0.2, 0.25) is 0 Å². The van der Waals surface area contributed by atoms with Gasteiger partial charge in [0.05, 0.1) is 17.7 Å². The molecule has 2 rings (SSSR count). The third-order valence-electron chi connectivity index (χ3n) is 3.47. The minimum atomic E-state index is 0.250. The Morgan fingerprint density at radius 3 is 2.70 bits per heavy atom. The van der Waals surface area contributed by atoms with Gasteiger partial charge in [-0.1, -0.05) is 13.8 Å². The van der Waals surface area contributed by atoms with Crippen LogP contribution in [-0.4, -0.2) is 31.5 Å². The molecule has 0 aromatic carbocycles. The minimum Gasteiger partial charge on any atom is -0.333 e. The number of aromatic nitrogens is 4. The summed E-state index contributed by atoms with van der Waals surface area (Å²) in [5.41, 5.74) is 2.28. The molecule has 20 heavy (non-hydrogen) atoms. The van der Waals surface area contributed by atoms with E-state index in [-0.39, 0.29) is 6.04 Å². The molecule has 0 bridgehead atoms. The fraction of sp³-hybridized carbons (Fsp3) is 0.533. The Kier molecular flexibility index (Phi) is 4.84. The standard InChI is InChI=1S/C15H23N5/c1-12(2)8-20-11-17-7-14(20)9-19(4)13(3)15-5-6-16-10-18-15/h5-7,10-13H,8-9H2,1-4H3/t13-/m0/s1. The van der Waals surface area contributed by atoms with E-state index in [0.717, 1.165) is 18.8 Å². The normalized spacial score (nSPS) is 13.1. The van der Waals surface area contributed by atoms with Gasteiger partial charge >= 0.3 is 0 Å². The smallest absolute Gasteiger partial charge is 0.115 e. The first kappa shape index (κ1) is 14.7. The average molecular weight is 273 g/mol. The summed E-state index contributed by atoms with van der Waals surface area (Å²) in [7, 11) is 2.11. The molecule has 5 heteroatoms. The molecule has 0 fully saturated rings. The van der Waals surface area contributed by atoms with Crippen LogP contribution >= 0.6 is 0 Å². The van der Waals surface area contributed by atoms with E-state index in [1.54, 1.807) is 12.5 Å². The Morgan fingerprint density at radius 2 is 2.05 bits per heavy atom. The van der Waals surface area contributed by atoms with Gasteiger partial charge < -0.3 is 4.57 Å². The van der Waals surface area contributed by atoms with Crippen LogP contribution in [0, 0.1) is 5.92 Å². The van der Waals surface area contributed by atoms with Crippen LogP contribution in [0.2, 0.25) is 0 Å². The zero-order valence-electron chi connectivity index (χ0n) is 12.7. The Labute approximate surface area is 120 Å². The Balaban J connectivity index is 2.04. The van der Waals surface area contributed by atoms with E-state index in [9.17, 15) is 0 Å². The summed E-state index contributed by atoms with van der Waals surface area (Å²) in [5.74, 6) is 0.618. The third kappa shape index (κ3) is 3.63. The van der Waals surface area contributed by atoms with E-state index in [1.807, 2.05) is 18.6 Å². The van der Waals surface area contributed by atoms with Crippen LogP contribution in [0.15, 0.2) is 31.1 Å². The van der Waals surface area contributed by atoms with Gasteiger partial charge in [-0.25, -0.2) is 15.0 Å². The highest BCUT2D eigenvalue weighted by molar-refractivity contribution is 5.05. The van der Waals surface area contributed by atoms with Crippen molar-refractivity contribution in [1.82, 2.24) is 24.4 Å². The molecule has 1 atom stereocenters. The maximum absolute atomic E-state index is 4.32. The van der Waals surface area contributed by atoms with Gasteiger partial charge in [0.25, 0.3) is 0 Å². The van der Waals surface area contributed by atoms with Crippen molar-refractivity contribution in [1.29, 1.82) is 0 Å². The molecule has 0 radical (unpaired) electrons. The molecule has 0 aliphatic rings. The summed E-state index contributed by atoms with van der Waals surface area (Å²) in [5, 5.41) is 0. The van der Waals surface area contributed by atoms with Crippen LogP contribution in [0.3, 0.4) is 0 Å². The van der Waals surface area contributed by atoms with E-state index < -0.39 is 0 Å². The topological polar surface area (TPSA) is 46.8 Å². The molecule has 108 valence electrons. The molecule has 0 spiro atoms. The number of hydrogen-bond donors (Lipinski definition) is 0. The van der Waals surface area contributed by atoms with Crippen molar-refractivity contribution < 1.29 is 0 Å². The molecular weight excluding hydrogens is 250 g/mol. The minimum absolute atomic E-state index is 0.250. The number of imidazole rings is 1. The fourth-order valence-electron chi connectivity index (χ4n) is 2.20. The number of hydrogen-bond acceptors (Lipinski definition) is 4. The van der Waals surface area contributed by atoms with E-state index in [4.69, 9.17) is 0 Å². The molecule has 0 aliphatic heterocycles. The van der Waals surface area contributed by atoms with Crippen molar-refractivity contribution in [2.45, 2.75) is 39.9 Å². The summed E-state index contributed by atoms with van der Waals surface area (Å²) in [6.45, 7) is 8.46. The molecule has 0 unspecified atom stereocenters. The quantitative estimate of drug-likeness (QED) is 0.811. The van der Waals surface area contributed by atoms with Gasteiger partial charge in [-0.05, 0) is 26.0 Å². The van der Waals surface area contributed by atoms with Gasteiger partial charge in [0.1, 0.15) is 6.33 Å². The van der Waals surface area contributed by atoms with Crippen LogP contribution < -0.4 is 0 Å². The first-order valence-electron chi connectivity index (χ1n) is 7.03. The van der Waals surface area contributed by atoms with Gasteiger partial charge in [0.15, 0.2) is 0 Å². The molecule has 0 aliphatic carbocycles. The second-order valence-electron chi connectivity index (χ2n) is 5.66. The summed E-state index contributed by atoms with van der Waals surface area (Å²) in [6, 6.07) is 2.22. The first-order chi connectivity index (χ1) is 9.58. The summed E-state index contributed by atoms with van der Waals surface area (Å²) >= 11 is 0. The summed E-state index contributed by atoms with van der Waals surface area (Å²) in [6.07, 6.45) is 7.25. The monoisotopic (exact) mass is 273 g/mol. The predicted molar refractivity (Wildman–Crippen MR) is 79.0 cm³/mol.